The second-order valence-corrected chi connectivity index (χ2v) is 6.36. The van der Waals surface area contributed by atoms with Crippen LogP contribution in [-0.2, 0) is 0 Å². The average molecular weight is 225 g/mol. The minimum atomic E-state index is 0.777. The molecule has 0 amide bonds. The number of hydrogen-bond donors (Lipinski definition) is 1. The van der Waals surface area contributed by atoms with Crippen molar-refractivity contribution in [2.24, 2.45) is 23.7 Å². The Morgan fingerprint density at radius 1 is 0.938 bits per heavy atom. The Hall–Kier alpha value is -0.0400. The first-order valence-electron chi connectivity index (χ1n) is 7.32. The van der Waals surface area contributed by atoms with E-state index in [1.165, 1.54) is 45.2 Å². The van der Waals surface area contributed by atoms with Crippen LogP contribution in [0.4, 0.5) is 0 Å². The molecule has 1 aliphatic carbocycles. The van der Waals surface area contributed by atoms with E-state index in [2.05, 4.69) is 33.0 Å². The van der Waals surface area contributed by atoms with Crippen molar-refractivity contribution in [3.05, 3.63) is 0 Å². The van der Waals surface area contributed by atoms with Crippen molar-refractivity contribution in [2.45, 2.75) is 59.8 Å². The van der Waals surface area contributed by atoms with E-state index in [4.69, 9.17) is 0 Å². The largest absolute Gasteiger partial charge is 0.316 e. The monoisotopic (exact) mass is 225 g/mol. The van der Waals surface area contributed by atoms with Crippen LogP contribution in [0, 0.1) is 23.7 Å². The fourth-order valence-corrected chi connectivity index (χ4v) is 3.05. The van der Waals surface area contributed by atoms with Gasteiger partial charge in [-0.25, -0.2) is 0 Å². The van der Waals surface area contributed by atoms with Crippen LogP contribution in [0.3, 0.4) is 0 Å². The maximum atomic E-state index is 3.66. The molecule has 0 heterocycles. The van der Waals surface area contributed by atoms with Crippen molar-refractivity contribution in [2.75, 3.05) is 13.1 Å². The summed E-state index contributed by atoms with van der Waals surface area (Å²) in [6.45, 7) is 11.8. The van der Waals surface area contributed by atoms with Gasteiger partial charge in [-0.15, -0.1) is 0 Å². The predicted octanol–water partition coefficient (Wildman–Crippen LogP) is 4.08. The van der Waals surface area contributed by atoms with Crippen molar-refractivity contribution in [3.63, 3.8) is 0 Å². The van der Waals surface area contributed by atoms with Crippen LogP contribution in [0.1, 0.15) is 59.8 Å². The van der Waals surface area contributed by atoms with E-state index in [0.29, 0.717) is 0 Å². The molecule has 1 atom stereocenters. The van der Waals surface area contributed by atoms with E-state index in [0.717, 1.165) is 23.7 Å². The summed E-state index contributed by atoms with van der Waals surface area (Å²) in [6, 6.07) is 0. The summed E-state index contributed by atoms with van der Waals surface area (Å²) in [7, 11) is 0. The zero-order chi connectivity index (χ0) is 12.0. The normalized spacial score (nSPS) is 20.6. The molecule has 0 aromatic heterocycles. The van der Waals surface area contributed by atoms with E-state index in [9.17, 15) is 0 Å². The molecule has 96 valence electrons. The van der Waals surface area contributed by atoms with E-state index in [1.54, 1.807) is 0 Å². The van der Waals surface area contributed by atoms with Crippen LogP contribution in [0.5, 0.6) is 0 Å². The summed E-state index contributed by atoms with van der Waals surface area (Å²) in [5, 5.41) is 3.66. The molecule has 1 fully saturated rings. The maximum Gasteiger partial charge on any atom is -0.00153 e. The topological polar surface area (TPSA) is 12.0 Å². The molecule has 16 heavy (non-hydrogen) atoms. The molecule has 0 radical (unpaired) electrons. The predicted molar refractivity (Wildman–Crippen MR) is 72.6 cm³/mol. The molecule has 1 heteroatoms. The first kappa shape index (κ1) is 14.0. The van der Waals surface area contributed by atoms with Crippen LogP contribution in [0.15, 0.2) is 0 Å². The summed E-state index contributed by atoms with van der Waals surface area (Å²) in [4.78, 5) is 0. The van der Waals surface area contributed by atoms with Crippen LogP contribution in [0.2, 0.25) is 0 Å². The number of hydrogen-bond acceptors (Lipinski definition) is 1. The summed E-state index contributed by atoms with van der Waals surface area (Å²) >= 11 is 0. The quantitative estimate of drug-likeness (QED) is 0.718. The van der Waals surface area contributed by atoms with E-state index >= 15 is 0 Å². The third-order valence-corrected chi connectivity index (χ3v) is 4.04. The molecule has 1 unspecified atom stereocenters. The van der Waals surface area contributed by atoms with E-state index < -0.39 is 0 Å². The van der Waals surface area contributed by atoms with Gasteiger partial charge in [-0.1, -0.05) is 59.8 Å². The highest BCUT2D eigenvalue weighted by atomic mass is 14.9. The third-order valence-electron chi connectivity index (χ3n) is 4.04. The van der Waals surface area contributed by atoms with Gasteiger partial charge < -0.3 is 5.32 Å². The minimum absolute atomic E-state index is 0.777. The number of nitrogens with one attached hydrogen (secondary N) is 1. The lowest BCUT2D eigenvalue weighted by Crippen LogP contribution is -2.34. The minimum Gasteiger partial charge on any atom is -0.316 e. The average Bonchev–Trinajstić information content (AvgIpc) is 2.25. The molecule has 0 bridgehead atoms. The fraction of sp³-hybridized carbons (Fsp3) is 1.00. The van der Waals surface area contributed by atoms with Gasteiger partial charge in [-0.2, -0.15) is 0 Å². The highest BCUT2D eigenvalue weighted by Gasteiger charge is 2.25. The fourth-order valence-electron chi connectivity index (χ4n) is 3.05. The first-order chi connectivity index (χ1) is 7.61. The second kappa shape index (κ2) is 7.32. The van der Waals surface area contributed by atoms with Crippen molar-refractivity contribution in [1.29, 1.82) is 0 Å². The molecule has 1 nitrogen and oxygen atoms in total. The molecule has 1 rings (SSSR count). The van der Waals surface area contributed by atoms with Crippen LogP contribution in [0.25, 0.3) is 0 Å². The van der Waals surface area contributed by atoms with Crippen molar-refractivity contribution < 1.29 is 0 Å². The molecule has 1 saturated carbocycles. The summed E-state index contributed by atoms with van der Waals surface area (Å²) in [5.41, 5.74) is 0. The molecular weight excluding hydrogens is 194 g/mol. The van der Waals surface area contributed by atoms with Gasteiger partial charge in [0, 0.05) is 0 Å². The highest BCUT2D eigenvalue weighted by molar-refractivity contribution is 4.78. The van der Waals surface area contributed by atoms with E-state index in [1.807, 2.05) is 0 Å². The number of rotatable bonds is 6. The third kappa shape index (κ3) is 4.86. The molecule has 0 aromatic rings. The van der Waals surface area contributed by atoms with Gasteiger partial charge in [0.25, 0.3) is 0 Å². The maximum absolute atomic E-state index is 3.66. The van der Waals surface area contributed by atoms with Gasteiger partial charge in [-0.05, 0) is 36.8 Å². The standard InChI is InChI=1S/C15H31N/c1-12(2)10-16-11-15(13(3)4)14-8-6-5-7-9-14/h12-16H,5-11H2,1-4H3. The summed E-state index contributed by atoms with van der Waals surface area (Å²) < 4.78 is 0. The van der Waals surface area contributed by atoms with Gasteiger partial charge in [0.2, 0.25) is 0 Å². The lowest BCUT2D eigenvalue weighted by Gasteiger charge is -2.33. The first-order valence-corrected chi connectivity index (χ1v) is 7.32. The Morgan fingerprint density at radius 2 is 1.56 bits per heavy atom. The Labute approximate surface area is 102 Å². The molecule has 1 N–H and O–H groups in total. The molecular formula is C15H31N. The Bertz CT molecular complexity index is 168. The highest BCUT2D eigenvalue weighted by Crippen LogP contribution is 2.33. The smallest absolute Gasteiger partial charge is 0.00153 e. The zero-order valence-electron chi connectivity index (χ0n) is 11.8. The Balaban J connectivity index is 2.34. The second-order valence-electron chi connectivity index (χ2n) is 6.36. The van der Waals surface area contributed by atoms with Gasteiger partial charge in [-0.3, -0.25) is 0 Å². The Morgan fingerprint density at radius 3 is 2.06 bits per heavy atom. The lowest BCUT2D eigenvalue weighted by atomic mass is 9.75. The summed E-state index contributed by atoms with van der Waals surface area (Å²) in [5.74, 6) is 3.51. The molecule has 0 saturated heterocycles. The molecule has 0 spiro atoms. The molecule has 0 aromatic carbocycles. The molecule has 0 aliphatic heterocycles. The lowest BCUT2D eigenvalue weighted by molar-refractivity contribution is 0.190. The Kier molecular flexibility index (Phi) is 6.41. The van der Waals surface area contributed by atoms with Gasteiger partial charge >= 0.3 is 0 Å². The van der Waals surface area contributed by atoms with Gasteiger partial charge in [0.05, 0.1) is 0 Å². The van der Waals surface area contributed by atoms with Gasteiger partial charge in [0.15, 0.2) is 0 Å². The molecule has 1 aliphatic rings. The van der Waals surface area contributed by atoms with Crippen molar-refractivity contribution in [1.82, 2.24) is 5.32 Å². The SMILES string of the molecule is CC(C)CNCC(C(C)C)C1CCCCC1. The van der Waals surface area contributed by atoms with E-state index in [-0.39, 0.29) is 0 Å². The van der Waals surface area contributed by atoms with Crippen molar-refractivity contribution in [3.8, 4) is 0 Å². The van der Waals surface area contributed by atoms with Crippen LogP contribution >= 0.6 is 0 Å². The van der Waals surface area contributed by atoms with Crippen LogP contribution in [-0.4, -0.2) is 13.1 Å². The van der Waals surface area contributed by atoms with Crippen molar-refractivity contribution >= 4 is 0 Å². The summed E-state index contributed by atoms with van der Waals surface area (Å²) in [6.07, 6.45) is 7.37. The van der Waals surface area contributed by atoms with Gasteiger partial charge in [0.1, 0.15) is 0 Å². The van der Waals surface area contributed by atoms with Crippen LogP contribution < -0.4 is 5.32 Å². The zero-order valence-corrected chi connectivity index (χ0v) is 11.8.